The predicted octanol–water partition coefficient (Wildman–Crippen LogP) is 0.534. The van der Waals surface area contributed by atoms with E-state index in [1.807, 2.05) is 0 Å². The van der Waals surface area contributed by atoms with Crippen molar-refractivity contribution in [1.29, 1.82) is 0 Å². The topological polar surface area (TPSA) is 90.8 Å². The van der Waals surface area contributed by atoms with E-state index in [-0.39, 0.29) is 16.6 Å². The molecule has 1 aromatic heterocycles. The van der Waals surface area contributed by atoms with Gasteiger partial charge in [-0.15, -0.1) is 11.3 Å². The molecule has 1 fully saturated rings. The van der Waals surface area contributed by atoms with E-state index in [1.54, 1.807) is 25.8 Å². The zero-order valence-electron chi connectivity index (χ0n) is 11.4. The van der Waals surface area contributed by atoms with Crippen LogP contribution in [0.25, 0.3) is 0 Å². The molecule has 0 atom stereocenters. The molecule has 0 spiro atoms. The normalized spacial score (nSPS) is 18.2. The molecule has 20 heavy (non-hydrogen) atoms. The molecule has 2 amide bonds. The van der Waals surface area contributed by atoms with Crippen LogP contribution in [0.1, 0.15) is 34.1 Å². The highest BCUT2D eigenvalue weighted by atomic mass is 32.1. The van der Waals surface area contributed by atoms with Crippen molar-refractivity contribution in [2.75, 3.05) is 20.1 Å². The second kappa shape index (κ2) is 4.86. The molecule has 0 aromatic carbocycles. The number of aromatic carboxylic acids is 1. The van der Waals surface area contributed by atoms with Crippen molar-refractivity contribution in [3.8, 4) is 0 Å². The van der Waals surface area contributed by atoms with Gasteiger partial charge in [0.15, 0.2) is 10.7 Å². The van der Waals surface area contributed by atoms with Gasteiger partial charge in [0.05, 0.1) is 0 Å². The number of aromatic nitrogens is 1. The number of rotatable bonds is 2. The Morgan fingerprint density at radius 1 is 1.40 bits per heavy atom. The van der Waals surface area contributed by atoms with Gasteiger partial charge in [0.1, 0.15) is 5.54 Å². The minimum atomic E-state index is -1.17. The first-order valence-electron chi connectivity index (χ1n) is 6.01. The molecule has 0 aliphatic carbocycles. The van der Waals surface area contributed by atoms with E-state index >= 15 is 0 Å². The molecule has 2 heterocycles. The van der Waals surface area contributed by atoms with E-state index < -0.39 is 17.4 Å². The summed E-state index contributed by atoms with van der Waals surface area (Å²) in [7, 11) is 1.69. The van der Waals surface area contributed by atoms with Crippen LogP contribution in [0.4, 0.5) is 0 Å². The summed E-state index contributed by atoms with van der Waals surface area (Å²) < 4.78 is 0. The van der Waals surface area contributed by atoms with Crippen molar-refractivity contribution >= 4 is 29.1 Å². The third kappa shape index (κ3) is 2.26. The van der Waals surface area contributed by atoms with Crippen molar-refractivity contribution in [1.82, 2.24) is 14.8 Å². The Labute approximate surface area is 119 Å². The monoisotopic (exact) mass is 297 g/mol. The highest BCUT2D eigenvalue weighted by molar-refractivity contribution is 7.11. The molecule has 0 radical (unpaired) electrons. The lowest BCUT2D eigenvalue weighted by molar-refractivity contribution is -0.144. The zero-order valence-corrected chi connectivity index (χ0v) is 12.2. The smallest absolute Gasteiger partial charge is 0.355 e. The number of amides is 2. The number of carbonyl (C=O) groups excluding carboxylic acids is 2. The Kier molecular flexibility index (Phi) is 3.51. The SMILES string of the molecule is CN1CCN(C(=O)c2nc(C(=O)O)cs2)C(C)(C)C1=O. The summed E-state index contributed by atoms with van der Waals surface area (Å²) in [4.78, 5) is 42.2. The fourth-order valence-electron chi connectivity index (χ4n) is 2.15. The molecule has 108 valence electrons. The Bertz CT molecular complexity index is 581. The first-order valence-corrected chi connectivity index (χ1v) is 6.89. The van der Waals surface area contributed by atoms with Crippen molar-refractivity contribution in [2.24, 2.45) is 0 Å². The Morgan fingerprint density at radius 3 is 2.60 bits per heavy atom. The van der Waals surface area contributed by atoms with Crippen LogP contribution in [0.2, 0.25) is 0 Å². The molecule has 1 N–H and O–H groups in total. The standard InChI is InChI=1S/C12H15N3O4S/c1-12(2)11(19)14(3)4-5-15(12)9(16)8-13-7(6-20-8)10(17)18/h6H,4-5H2,1-3H3,(H,17,18). The van der Waals surface area contributed by atoms with E-state index in [0.29, 0.717) is 13.1 Å². The summed E-state index contributed by atoms with van der Waals surface area (Å²) in [6.07, 6.45) is 0. The van der Waals surface area contributed by atoms with Gasteiger partial charge in [-0.1, -0.05) is 0 Å². The average molecular weight is 297 g/mol. The van der Waals surface area contributed by atoms with Gasteiger partial charge < -0.3 is 14.9 Å². The number of hydrogen-bond acceptors (Lipinski definition) is 5. The van der Waals surface area contributed by atoms with Gasteiger partial charge in [0, 0.05) is 25.5 Å². The van der Waals surface area contributed by atoms with Gasteiger partial charge >= 0.3 is 5.97 Å². The number of nitrogens with zero attached hydrogens (tertiary/aromatic N) is 3. The largest absolute Gasteiger partial charge is 0.476 e. The van der Waals surface area contributed by atoms with Gasteiger partial charge in [0.2, 0.25) is 5.91 Å². The van der Waals surface area contributed by atoms with E-state index in [2.05, 4.69) is 4.98 Å². The van der Waals surface area contributed by atoms with Crippen LogP contribution < -0.4 is 0 Å². The number of carboxylic acids is 1. The molecular weight excluding hydrogens is 282 g/mol. The summed E-state index contributed by atoms with van der Waals surface area (Å²) in [6, 6.07) is 0. The zero-order chi connectivity index (χ0) is 15.1. The second-order valence-corrected chi connectivity index (χ2v) is 5.94. The Balaban J connectivity index is 2.28. The summed E-state index contributed by atoms with van der Waals surface area (Å²) in [6.45, 7) is 4.20. The van der Waals surface area contributed by atoms with Crippen LogP contribution in [0.5, 0.6) is 0 Å². The fraction of sp³-hybridized carbons (Fsp3) is 0.500. The van der Waals surface area contributed by atoms with Gasteiger partial charge in [-0.25, -0.2) is 9.78 Å². The highest BCUT2D eigenvalue weighted by Gasteiger charge is 2.43. The third-order valence-electron chi connectivity index (χ3n) is 3.36. The molecule has 1 aliphatic rings. The van der Waals surface area contributed by atoms with Crippen LogP contribution >= 0.6 is 11.3 Å². The van der Waals surface area contributed by atoms with E-state index in [0.717, 1.165) is 11.3 Å². The number of carboxylic acid groups (broad SMARTS) is 1. The van der Waals surface area contributed by atoms with Crippen LogP contribution in [0.3, 0.4) is 0 Å². The minimum Gasteiger partial charge on any atom is -0.476 e. The number of carbonyl (C=O) groups is 3. The number of piperazine rings is 1. The lowest BCUT2D eigenvalue weighted by Crippen LogP contribution is -2.63. The van der Waals surface area contributed by atoms with Crippen LogP contribution in [0, 0.1) is 0 Å². The molecule has 8 heteroatoms. The van der Waals surface area contributed by atoms with Gasteiger partial charge in [0.25, 0.3) is 5.91 Å². The Hall–Kier alpha value is -1.96. The maximum absolute atomic E-state index is 12.4. The lowest BCUT2D eigenvalue weighted by atomic mass is 9.98. The second-order valence-electron chi connectivity index (χ2n) is 5.09. The maximum Gasteiger partial charge on any atom is 0.355 e. The third-order valence-corrected chi connectivity index (χ3v) is 4.19. The molecule has 7 nitrogen and oxygen atoms in total. The van der Waals surface area contributed by atoms with Gasteiger partial charge in [-0.2, -0.15) is 0 Å². The number of hydrogen-bond donors (Lipinski definition) is 1. The summed E-state index contributed by atoms with van der Waals surface area (Å²) in [5, 5.41) is 10.2. The molecule has 0 unspecified atom stereocenters. The Morgan fingerprint density at radius 2 is 2.05 bits per heavy atom. The lowest BCUT2D eigenvalue weighted by Gasteiger charge is -2.44. The number of likely N-dealkylation sites (N-methyl/N-ethyl adjacent to an activating group) is 1. The van der Waals surface area contributed by atoms with Crippen molar-refractivity contribution in [3.63, 3.8) is 0 Å². The van der Waals surface area contributed by atoms with E-state index in [9.17, 15) is 14.4 Å². The van der Waals surface area contributed by atoms with Gasteiger partial charge in [-0.3, -0.25) is 9.59 Å². The predicted molar refractivity (Wildman–Crippen MR) is 71.8 cm³/mol. The highest BCUT2D eigenvalue weighted by Crippen LogP contribution is 2.25. The minimum absolute atomic E-state index is 0.0906. The first-order chi connectivity index (χ1) is 9.25. The molecular formula is C12H15N3O4S. The number of thiazole rings is 1. The van der Waals surface area contributed by atoms with Crippen molar-refractivity contribution < 1.29 is 19.5 Å². The molecule has 1 saturated heterocycles. The van der Waals surface area contributed by atoms with Crippen molar-refractivity contribution in [3.05, 3.63) is 16.1 Å². The summed E-state index contributed by atoms with van der Waals surface area (Å²) >= 11 is 0.974. The van der Waals surface area contributed by atoms with Crippen molar-refractivity contribution in [2.45, 2.75) is 19.4 Å². The maximum atomic E-state index is 12.4. The molecule has 1 aromatic rings. The first kappa shape index (κ1) is 14.4. The quantitative estimate of drug-likeness (QED) is 0.860. The van der Waals surface area contributed by atoms with Crippen LogP contribution in [-0.4, -0.2) is 63.4 Å². The fourth-order valence-corrected chi connectivity index (χ4v) is 2.89. The summed E-state index contributed by atoms with van der Waals surface area (Å²) in [5.74, 6) is -1.73. The van der Waals surface area contributed by atoms with Crippen LogP contribution in [0.15, 0.2) is 5.38 Å². The van der Waals surface area contributed by atoms with Crippen LogP contribution in [-0.2, 0) is 4.79 Å². The molecule has 2 rings (SSSR count). The van der Waals surface area contributed by atoms with Gasteiger partial charge in [-0.05, 0) is 13.8 Å². The molecule has 0 saturated carbocycles. The average Bonchev–Trinajstić information content (AvgIpc) is 2.85. The molecule has 1 aliphatic heterocycles. The van der Waals surface area contributed by atoms with E-state index in [4.69, 9.17) is 5.11 Å². The summed E-state index contributed by atoms with van der Waals surface area (Å²) in [5.41, 5.74) is -1.12. The van der Waals surface area contributed by atoms with E-state index in [1.165, 1.54) is 10.3 Å². The molecule has 0 bridgehead atoms.